The van der Waals surface area contributed by atoms with E-state index < -0.39 is 22.9 Å². The number of aromatic carboxylic acids is 1. The summed E-state index contributed by atoms with van der Waals surface area (Å²) in [6, 6.07) is 4.70. The molecule has 0 unspecified atom stereocenters. The first-order valence-electron chi connectivity index (χ1n) is 5.51. The molecule has 1 aromatic carbocycles. The van der Waals surface area contributed by atoms with Gasteiger partial charge in [-0.1, -0.05) is 12.1 Å². The second kappa shape index (κ2) is 4.64. The number of nitrogens with one attached hydrogen (secondary N) is 1. The highest BCUT2D eigenvalue weighted by molar-refractivity contribution is 5.88. The van der Waals surface area contributed by atoms with E-state index in [0.717, 1.165) is 0 Å². The second-order valence-electron chi connectivity index (χ2n) is 4.12. The van der Waals surface area contributed by atoms with Crippen molar-refractivity contribution < 1.29 is 14.3 Å². The smallest absolute Gasteiger partial charge is 0.343 e. The predicted molar refractivity (Wildman–Crippen MR) is 66.7 cm³/mol. The van der Waals surface area contributed by atoms with Gasteiger partial charge >= 0.3 is 5.97 Å². The lowest BCUT2D eigenvalue weighted by Gasteiger charge is -2.07. The number of hydrogen-bond donors (Lipinski definition) is 2. The van der Waals surface area contributed by atoms with Gasteiger partial charge < -0.3 is 10.1 Å². The molecule has 0 fully saturated rings. The summed E-state index contributed by atoms with van der Waals surface area (Å²) in [5.41, 5.74) is -0.628. The molecule has 0 atom stereocenters. The van der Waals surface area contributed by atoms with Crippen LogP contribution in [0.15, 0.2) is 23.0 Å². The summed E-state index contributed by atoms with van der Waals surface area (Å²) in [4.78, 5) is 28.8. The molecule has 0 saturated heterocycles. The quantitative estimate of drug-likeness (QED) is 0.865. The number of rotatable bonds is 2. The summed E-state index contributed by atoms with van der Waals surface area (Å²) >= 11 is 0. The fourth-order valence-electron chi connectivity index (χ4n) is 1.80. The van der Waals surface area contributed by atoms with Crippen LogP contribution >= 0.6 is 0 Å². The summed E-state index contributed by atoms with van der Waals surface area (Å²) in [6.45, 7) is 2.99. The van der Waals surface area contributed by atoms with Gasteiger partial charge in [0.1, 0.15) is 17.2 Å². The zero-order chi connectivity index (χ0) is 14.2. The Labute approximate surface area is 107 Å². The fraction of sp³-hybridized carbons (Fsp3) is 0.154. The molecule has 0 saturated carbocycles. The van der Waals surface area contributed by atoms with Crippen LogP contribution in [0.3, 0.4) is 0 Å². The number of carboxylic acids is 1. The molecule has 98 valence electrons. The van der Waals surface area contributed by atoms with Crippen LogP contribution < -0.4 is 5.56 Å². The van der Waals surface area contributed by atoms with E-state index in [9.17, 15) is 14.0 Å². The van der Waals surface area contributed by atoms with Crippen molar-refractivity contribution in [1.29, 1.82) is 0 Å². The number of carbonyl (C=O) groups is 1. The standard InChI is InChI=1S/C13H11FN2O3/c1-6-4-3-5-8(10(6)14)11-15-7(2)9(13(18)19)12(17)16-11/h3-5H,1-2H3,(H,18,19)(H,15,16,17). The van der Waals surface area contributed by atoms with Gasteiger partial charge in [-0.05, 0) is 25.5 Å². The molecular formula is C13H11FN2O3. The average Bonchev–Trinajstić information content (AvgIpc) is 2.31. The molecule has 1 aromatic heterocycles. The Morgan fingerprint density at radius 2 is 2.05 bits per heavy atom. The Morgan fingerprint density at radius 1 is 1.37 bits per heavy atom. The minimum Gasteiger partial charge on any atom is -0.477 e. The van der Waals surface area contributed by atoms with Gasteiger partial charge in [0.2, 0.25) is 0 Å². The van der Waals surface area contributed by atoms with Gasteiger partial charge in [-0.2, -0.15) is 0 Å². The molecule has 0 aliphatic carbocycles. The Hall–Kier alpha value is -2.50. The predicted octanol–water partition coefficient (Wildman–Crippen LogP) is 1.89. The number of halogens is 1. The van der Waals surface area contributed by atoms with Gasteiger partial charge in [0.05, 0.1) is 11.3 Å². The monoisotopic (exact) mass is 262 g/mol. The fourth-order valence-corrected chi connectivity index (χ4v) is 1.80. The van der Waals surface area contributed by atoms with Crippen molar-refractivity contribution in [3.63, 3.8) is 0 Å². The van der Waals surface area contributed by atoms with Crippen molar-refractivity contribution in [3.05, 3.63) is 51.2 Å². The Balaban J connectivity index is 2.69. The minimum absolute atomic E-state index is 0.0219. The van der Waals surface area contributed by atoms with Crippen LogP contribution in [0.4, 0.5) is 4.39 Å². The molecule has 1 heterocycles. The van der Waals surface area contributed by atoms with E-state index in [0.29, 0.717) is 5.56 Å². The highest BCUT2D eigenvalue weighted by atomic mass is 19.1. The molecule has 2 rings (SSSR count). The Kier molecular flexibility index (Phi) is 3.16. The molecule has 19 heavy (non-hydrogen) atoms. The third-order valence-electron chi connectivity index (χ3n) is 2.76. The van der Waals surface area contributed by atoms with Crippen LogP contribution in [0.25, 0.3) is 11.4 Å². The largest absolute Gasteiger partial charge is 0.477 e. The van der Waals surface area contributed by atoms with Crippen LogP contribution in [0.2, 0.25) is 0 Å². The summed E-state index contributed by atoms with van der Waals surface area (Å²) in [5.74, 6) is -1.83. The number of carboxylic acid groups (broad SMARTS) is 1. The van der Waals surface area contributed by atoms with Gasteiger partial charge in [0.15, 0.2) is 0 Å². The van der Waals surface area contributed by atoms with E-state index in [-0.39, 0.29) is 17.1 Å². The maximum atomic E-state index is 13.9. The first-order chi connectivity index (χ1) is 8.91. The Morgan fingerprint density at radius 3 is 2.63 bits per heavy atom. The highest BCUT2D eigenvalue weighted by Gasteiger charge is 2.17. The lowest BCUT2D eigenvalue weighted by atomic mass is 10.1. The molecular weight excluding hydrogens is 251 g/mol. The maximum Gasteiger partial charge on any atom is 0.343 e. The summed E-state index contributed by atoms with van der Waals surface area (Å²) < 4.78 is 13.9. The molecule has 2 aromatic rings. The van der Waals surface area contributed by atoms with Crippen LogP contribution in [0.1, 0.15) is 21.6 Å². The summed E-state index contributed by atoms with van der Waals surface area (Å²) in [7, 11) is 0. The zero-order valence-electron chi connectivity index (χ0n) is 10.3. The van der Waals surface area contributed by atoms with E-state index in [1.165, 1.54) is 13.0 Å². The van der Waals surface area contributed by atoms with E-state index in [4.69, 9.17) is 5.11 Å². The van der Waals surface area contributed by atoms with Crippen LogP contribution in [0.5, 0.6) is 0 Å². The highest BCUT2D eigenvalue weighted by Crippen LogP contribution is 2.21. The molecule has 0 spiro atoms. The maximum absolute atomic E-state index is 13.9. The number of nitrogens with zero attached hydrogens (tertiary/aromatic N) is 1. The molecule has 0 bridgehead atoms. The third kappa shape index (κ3) is 2.24. The number of hydrogen-bond acceptors (Lipinski definition) is 3. The first-order valence-corrected chi connectivity index (χ1v) is 5.51. The van der Waals surface area contributed by atoms with E-state index in [1.807, 2.05) is 0 Å². The van der Waals surface area contributed by atoms with E-state index in [1.54, 1.807) is 19.1 Å². The molecule has 0 aliphatic heterocycles. The van der Waals surface area contributed by atoms with Crippen LogP contribution in [-0.2, 0) is 0 Å². The van der Waals surface area contributed by atoms with Gasteiger partial charge in [-0.3, -0.25) is 4.79 Å². The second-order valence-corrected chi connectivity index (χ2v) is 4.12. The minimum atomic E-state index is -1.36. The molecule has 0 amide bonds. The van der Waals surface area contributed by atoms with Crippen molar-refractivity contribution in [2.24, 2.45) is 0 Å². The van der Waals surface area contributed by atoms with Crippen LogP contribution in [-0.4, -0.2) is 21.0 Å². The zero-order valence-corrected chi connectivity index (χ0v) is 10.3. The Bertz CT molecular complexity index is 722. The number of aromatic amines is 1. The summed E-state index contributed by atoms with van der Waals surface area (Å²) in [6.07, 6.45) is 0. The lowest BCUT2D eigenvalue weighted by Crippen LogP contribution is -2.21. The lowest BCUT2D eigenvalue weighted by molar-refractivity contribution is 0.0693. The number of benzene rings is 1. The molecule has 5 nitrogen and oxygen atoms in total. The first kappa shape index (κ1) is 12.9. The van der Waals surface area contributed by atoms with Crippen molar-refractivity contribution in [2.45, 2.75) is 13.8 Å². The summed E-state index contributed by atoms with van der Waals surface area (Å²) in [5, 5.41) is 8.87. The van der Waals surface area contributed by atoms with Gasteiger partial charge in [0.25, 0.3) is 5.56 Å². The SMILES string of the molecule is Cc1cccc(-c2nc(C)c(C(=O)O)c(=O)[nH]2)c1F. The molecule has 0 aliphatic rings. The van der Waals surface area contributed by atoms with Gasteiger partial charge in [-0.25, -0.2) is 14.2 Å². The van der Waals surface area contributed by atoms with E-state index in [2.05, 4.69) is 9.97 Å². The number of aromatic nitrogens is 2. The van der Waals surface area contributed by atoms with Crippen molar-refractivity contribution in [1.82, 2.24) is 9.97 Å². The molecule has 0 radical (unpaired) electrons. The van der Waals surface area contributed by atoms with Crippen molar-refractivity contribution >= 4 is 5.97 Å². The van der Waals surface area contributed by atoms with Gasteiger partial charge in [0, 0.05) is 0 Å². The third-order valence-corrected chi connectivity index (χ3v) is 2.76. The van der Waals surface area contributed by atoms with Crippen molar-refractivity contribution in [2.75, 3.05) is 0 Å². The normalized spacial score (nSPS) is 10.5. The van der Waals surface area contributed by atoms with Crippen LogP contribution in [0, 0.1) is 19.7 Å². The molecule has 2 N–H and O–H groups in total. The van der Waals surface area contributed by atoms with E-state index >= 15 is 0 Å². The topological polar surface area (TPSA) is 83.0 Å². The van der Waals surface area contributed by atoms with Gasteiger partial charge in [-0.15, -0.1) is 0 Å². The number of H-pyrrole nitrogens is 1. The molecule has 6 heteroatoms. The number of aryl methyl sites for hydroxylation is 2. The van der Waals surface area contributed by atoms with Crippen molar-refractivity contribution in [3.8, 4) is 11.4 Å². The average molecular weight is 262 g/mol.